The molecule has 0 fully saturated rings. The van der Waals surface area contributed by atoms with Crippen molar-refractivity contribution in [1.82, 2.24) is 30.0 Å². The van der Waals surface area contributed by atoms with E-state index in [0.29, 0.717) is 6.54 Å². The van der Waals surface area contributed by atoms with Gasteiger partial charge in [-0.15, -0.1) is 5.10 Å². The fourth-order valence-electron chi connectivity index (χ4n) is 2.46. The van der Waals surface area contributed by atoms with E-state index in [9.17, 15) is 0 Å². The van der Waals surface area contributed by atoms with Gasteiger partial charge in [-0.25, -0.2) is 9.36 Å². The molecule has 4 aromatic rings. The Kier molecular flexibility index (Phi) is 4.56. The highest BCUT2D eigenvalue weighted by atomic mass is 32.2. The predicted octanol–water partition coefficient (Wildman–Crippen LogP) is 3.20. The second kappa shape index (κ2) is 7.31. The van der Waals surface area contributed by atoms with Crippen LogP contribution in [0, 0.1) is 0 Å². The average Bonchev–Trinajstić information content (AvgIpc) is 3.31. The lowest BCUT2D eigenvalue weighted by Gasteiger charge is -2.03. The maximum atomic E-state index is 4.42. The first-order valence-corrected chi connectivity index (χ1v) is 8.89. The van der Waals surface area contributed by atoms with Gasteiger partial charge >= 0.3 is 0 Å². The number of nitrogens with zero attached hydrogens (tertiary/aromatic N) is 6. The summed E-state index contributed by atoms with van der Waals surface area (Å²) < 4.78 is 3.70. The number of rotatable bonds is 6. The molecule has 0 saturated carbocycles. The average molecular weight is 348 g/mol. The van der Waals surface area contributed by atoms with E-state index in [-0.39, 0.29) is 0 Å². The summed E-state index contributed by atoms with van der Waals surface area (Å²) in [5.41, 5.74) is 3.35. The summed E-state index contributed by atoms with van der Waals surface area (Å²) in [7, 11) is 0. The summed E-state index contributed by atoms with van der Waals surface area (Å²) in [5.74, 6) is 0.766. The minimum Gasteiger partial charge on any atom is -0.241 e. The van der Waals surface area contributed by atoms with Gasteiger partial charge < -0.3 is 0 Å². The van der Waals surface area contributed by atoms with Gasteiger partial charge in [0.1, 0.15) is 0 Å². The molecule has 0 spiro atoms. The number of thioether (sulfide) groups is 1. The SMILES string of the molecule is c1ccc(Cn2nnnc2SCc2cnn(-c3ccccc3)c2)cc1. The molecule has 0 aliphatic carbocycles. The molecule has 0 radical (unpaired) electrons. The minimum absolute atomic E-state index is 0.666. The van der Waals surface area contributed by atoms with Gasteiger partial charge in [0.05, 0.1) is 18.4 Å². The van der Waals surface area contributed by atoms with Crippen LogP contribution in [0.5, 0.6) is 0 Å². The smallest absolute Gasteiger partial charge is 0.209 e. The maximum Gasteiger partial charge on any atom is 0.209 e. The fraction of sp³-hybridized carbons (Fsp3) is 0.111. The van der Waals surface area contributed by atoms with Gasteiger partial charge in [0.25, 0.3) is 0 Å². The Morgan fingerprint density at radius 1 is 0.880 bits per heavy atom. The molecule has 0 saturated heterocycles. The highest BCUT2D eigenvalue weighted by Crippen LogP contribution is 2.21. The van der Waals surface area contributed by atoms with E-state index in [2.05, 4.69) is 32.8 Å². The molecule has 25 heavy (non-hydrogen) atoms. The van der Waals surface area contributed by atoms with Crippen molar-refractivity contribution in [2.75, 3.05) is 0 Å². The first kappa shape index (κ1) is 15.6. The second-order valence-electron chi connectivity index (χ2n) is 5.52. The second-order valence-corrected chi connectivity index (χ2v) is 6.46. The Labute approximate surface area is 149 Å². The molecule has 0 aliphatic rings. The van der Waals surface area contributed by atoms with E-state index in [1.807, 2.05) is 70.3 Å². The van der Waals surface area contributed by atoms with Crippen molar-refractivity contribution in [3.05, 3.63) is 84.2 Å². The number of aromatic nitrogens is 6. The van der Waals surface area contributed by atoms with Crippen molar-refractivity contribution in [2.24, 2.45) is 0 Å². The van der Waals surface area contributed by atoms with Gasteiger partial charge in [0, 0.05) is 17.5 Å². The topological polar surface area (TPSA) is 61.4 Å². The number of hydrogen-bond donors (Lipinski definition) is 0. The minimum atomic E-state index is 0.666. The molecule has 0 N–H and O–H groups in total. The molecule has 2 heterocycles. The molecular formula is C18H16N6S. The summed E-state index contributed by atoms with van der Waals surface area (Å²) in [4.78, 5) is 0. The molecule has 2 aromatic heterocycles. The van der Waals surface area contributed by atoms with Crippen molar-refractivity contribution < 1.29 is 0 Å². The maximum absolute atomic E-state index is 4.42. The van der Waals surface area contributed by atoms with Crippen molar-refractivity contribution in [3.8, 4) is 5.69 Å². The lowest BCUT2D eigenvalue weighted by atomic mass is 10.2. The standard InChI is InChI=1S/C18H16N6S/c1-3-7-15(8-4-1)12-24-18(20-21-22-24)25-14-16-11-19-23(13-16)17-9-5-2-6-10-17/h1-11,13H,12,14H2. The van der Waals surface area contributed by atoms with E-state index >= 15 is 0 Å². The van der Waals surface area contributed by atoms with Crippen molar-refractivity contribution >= 4 is 11.8 Å². The quantitative estimate of drug-likeness (QED) is 0.501. The van der Waals surface area contributed by atoms with Crippen molar-refractivity contribution in [3.63, 3.8) is 0 Å². The van der Waals surface area contributed by atoms with Gasteiger partial charge in [-0.05, 0) is 28.1 Å². The molecule has 6 nitrogen and oxygen atoms in total. The summed E-state index contributed by atoms with van der Waals surface area (Å²) in [6.45, 7) is 0.666. The molecule has 2 aromatic carbocycles. The Hall–Kier alpha value is -2.93. The van der Waals surface area contributed by atoms with Crippen LogP contribution in [-0.2, 0) is 12.3 Å². The van der Waals surface area contributed by atoms with Crippen molar-refractivity contribution in [2.45, 2.75) is 17.5 Å². The fourth-order valence-corrected chi connectivity index (χ4v) is 3.25. The Bertz CT molecular complexity index is 932. The van der Waals surface area contributed by atoms with Gasteiger partial charge in [-0.1, -0.05) is 60.3 Å². The zero-order chi connectivity index (χ0) is 16.9. The molecular weight excluding hydrogens is 332 g/mol. The lowest BCUT2D eigenvalue weighted by Crippen LogP contribution is -2.03. The zero-order valence-electron chi connectivity index (χ0n) is 13.4. The van der Waals surface area contributed by atoms with E-state index < -0.39 is 0 Å². The van der Waals surface area contributed by atoms with Crippen LogP contribution in [0.1, 0.15) is 11.1 Å². The van der Waals surface area contributed by atoms with Gasteiger partial charge in [-0.2, -0.15) is 5.10 Å². The number of tetrazole rings is 1. The van der Waals surface area contributed by atoms with Gasteiger partial charge in [0.15, 0.2) is 0 Å². The Morgan fingerprint density at radius 2 is 1.64 bits per heavy atom. The third-order valence-electron chi connectivity index (χ3n) is 3.70. The summed E-state index contributed by atoms with van der Waals surface area (Å²) in [6, 6.07) is 20.2. The highest BCUT2D eigenvalue weighted by Gasteiger charge is 2.09. The number of hydrogen-bond acceptors (Lipinski definition) is 5. The molecule has 0 atom stereocenters. The van der Waals surface area contributed by atoms with Crippen LogP contribution in [0.2, 0.25) is 0 Å². The van der Waals surface area contributed by atoms with E-state index in [0.717, 1.165) is 22.2 Å². The van der Waals surface area contributed by atoms with Crippen LogP contribution >= 0.6 is 11.8 Å². The van der Waals surface area contributed by atoms with Gasteiger partial charge in [0.2, 0.25) is 5.16 Å². The summed E-state index contributed by atoms with van der Waals surface area (Å²) >= 11 is 1.61. The molecule has 124 valence electrons. The third-order valence-corrected chi connectivity index (χ3v) is 4.73. The van der Waals surface area contributed by atoms with Crippen LogP contribution in [0.15, 0.2) is 78.2 Å². The summed E-state index contributed by atoms with van der Waals surface area (Å²) in [6.07, 6.45) is 3.92. The molecule has 0 aliphatic heterocycles. The lowest BCUT2D eigenvalue weighted by molar-refractivity contribution is 0.603. The van der Waals surface area contributed by atoms with Gasteiger partial charge in [-0.3, -0.25) is 0 Å². The molecule has 7 heteroatoms. The van der Waals surface area contributed by atoms with Crippen LogP contribution in [0.3, 0.4) is 0 Å². The predicted molar refractivity (Wildman–Crippen MR) is 96.5 cm³/mol. The monoisotopic (exact) mass is 348 g/mol. The first-order chi connectivity index (χ1) is 12.4. The molecule has 0 bridgehead atoms. The van der Waals surface area contributed by atoms with E-state index in [4.69, 9.17) is 0 Å². The molecule has 0 amide bonds. The normalized spacial score (nSPS) is 10.9. The van der Waals surface area contributed by atoms with Crippen LogP contribution < -0.4 is 0 Å². The zero-order valence-corrected chi connectivity index (χ0v) is 14.3. The van der Waals surface area contributed by atoms with Crippen molar-refractivity contribution in [1.29, 1.82) is 0 Å². The molecule has 0 unspecified atom stereocenters. The molecule has 4 rings (SSSR count). The van der Waals surface area contributed by atoms with Crippen LogP contribution in [0.4, 0.5) is 0 Å². The third kappa shape index (κ3) is 3.77. The highest BCUT2D eigenvalue weighted by molar-refractivity contribution is 7.98. The largest absolute Gasteiger partial charge is 0.241 e. The Morgan fingerprint density at radius 3 is 2.44 bits per heavy atom. The van der Waals surface area contributed by atoms with Crippen LogP contribution in [-0.4, -0.2) is 30.0 Å². The number of benzene rings is 2. The van der Waals surface area contributed by atoms with E-state index in [1.54, 1.807) is 11.8 Å². The Balaban J connectivity index is 1.43. The summed E-state index contributed by atoms with van der Waals surface area (Å²) in [5, 5.41) is 17.2. The van der Waals surface area contributed by atoms with E-state index in [1.165, 1.54) is 5.56 Å². The number of para-hydroxylation sites is 1. The first-order valence-electron chi connectivity index (χ1n) is 7.90. The van der Waals surface area contributed by atoms with Crippen LogP contribution in [0.25, 0.3) is 5.69 Å².